The van der Waals surface area contributed by atoms with E-state index in [0.717, 1.165) is 16.7 Å². The Morgan fingerprint density at radius 2 is 1.29 bits per heavy atom. The highest BCUT2D eigenvalue weighted by Crippen LogP contribution is 2.45. The van der Waals surface area contributed by atoms with E-state index < -0.39 is 29.6 Å². The third kappa shape index (κ3) is 5.57. The lowest BCUT2D eigenvalue weighted by Gasteiger charge is -2.37. The van der Waals surface area contributed by atoms with Crippen LogP contribution in [0.4, 0.5) is 17.6 Å². The molecule has 1 aliphatic carbocycles. The number of pyridine rings is 1. The molecule has 6 nitrogen and oxygen atoms in total. The Kier molecular flexibility index (Phi) is 8.37. The molecular formula is C37H30ClF4N5O. The van der Waals surface area contributed by atoms with E-state index in [4.69, 9.17) is 21.4 Å². The molecule has 3 heterocycles. The molecule has 3 aromatic carbocycles. The highest BCUT2D eigenvalue weighted by atomic mass is 35.5. The first-order valence-corrected chi connectivity index (χ1v) is 16.0. The van der Waals surface area contributed by atoms with Crippen molar-refractivity contribution in [3.05, 3.63) is 137 Å². The smallest absolute Gasteiger partial charge is 0.391 e. The van der Waals surface area contributed by atoms with E-state index in [1.165, 1.54) is 0 Å². The van der Waals surface area contributed by atoms with Gasteiger partial charge < -0.3 is 4.74 Å². The van der Waals surface area contributed by atoms with Crippen LogP contribution >= 0.6 is 11.6 Å². The number of alkyl halides is 3. The molecule has 7 rings (SSSR count). The Bertz CT molecular complexity index is 1950. The summed E-state index contributed by atoms with van der Waals surface area (Å²) in [6, 6.07) is 31.4. The SMILES string of the molecule is Cc1nc(OC2CCC(C(F)(F)F)CC2)c(F)c(-c2nn(C(c3ccccc3)(c3ccccc3)c3ccccc3)c3ccnc(Cl)c23)n1. The molecule has 0 aliphatic heterocycles. The maximum absolute atomic E-state index is 16.6. The summed E-state index contributed by atoms with van der Waals surface area (Å²) in [6.07, 6.45) is -3.25. The van der Waals surface area contributed by atoms with Gasteiger partial charge in [-0.15, -0.1) is 0 Å². The van der Waals surface area contributed by atoms with Gasteiger partial charge in [-0.2, -0.15) is 27.6 Å². The summed E-state index contributed by atoms with van der Waals surface area (Å²) in [6.45, 7) is 1.59. The maximum Gasteiger partial charge on any atom is 0.391 e. The summed E-state index contributed by atoms with van der Waals surface area (Å²) in [5.74, 6) is -2.41. The Labute approximate surface area is 279 Å². The van der Waals surface area contributed by atoms with Crippen LogP contribution in [-0.2, 0) is 5.54 Å². The molecule has 0 atom stereocenters. The lowest BCUT2D eigenvalue weighted by molar-refractivity contribution is -0.185. The van der Waals surface area contributed by atoms with Crippen molar-refractivity contribution in [1.29, 1.82) is 0 Å². The third-order valence-corrected chi connectivity index (χ3v) is 9.30. The fourth-order valence-electron chi connectivity index (χ4n) is 6.79. The van der Waals surface area contributed by atoms with E-state index in [0.29, 0.717) is 10.9 Å². The molecule has 11 heteroatoms. The van der Waals surface area contributed by atoms with E-state index >= 15 is 4.39 Å². The first kappa shape index (κ1) is 31.8. The Balaban J connectivity index is 1.44. The van der Waals surface area contributed by atoms with Crippen LogP contribution in [0.2, 0.25) is 5.15 Å². The zero-order valence-electron chi connectivity index (χ0n) is 25.8. The Hall–Kier alpha value is -4.83. The maximum atomic E-state index is 16.6. The van der Waals surface area contributed by atoms with Crippen molar-refractivity contribution in [1.82, 2.24) is 24.7 Å². The number of benzene rings is 3. The molecule has 0 saturated heterocycles. The zero-order valence-corrected chi connectivity index (χ0v) is 26.6. The molecule has 0 N–H and O–H groups in total. The van der Waals surface area contributed by atoms with Crippen LogP contribution in [0.5, 0.6) is 5.88 Å². The largest absolute Gasteiger partial charge is 0.472 e. The number of rotatable bonds is 7. The van der Waals surface area contributed by atoms with Gasteiger partial charge in [0.05, 0.1) is 16.8 Å². The van der Waals surface area contributed by atoms with Gasteiger partial charge in [-0.25, -0.2) is 14.6 Å². The van der Waals surface area contributed by atoms with Gasteiger partial charge in [0.1, 0.15) is 34.0 Å². The second-order valence-electron chi connectivity index (χ2n) is 11.9. The van der Waals surface area contributed by atoms with Crippen molar-refractivity contribution in [2.45, 2.75) is 50.4 Å². The Morgan fingerprint density at radius 1 is 0.750 bits per heavy atom. The summed E-state index contributed by atoms with van der Waals surface area (Å²) in [7, 11) is 0. The molecule has 3 aromatic heterocycles. The molecule has 1 fully saturated rings. The molecule has 0 amide bonds. The monoisotopic (exact) mass is 671 g/mol. The second kappa shape index (κ2) is 12.6. The van der Waals surface area contributed by atoms with E-state index in [-0.39, 0.29) is 53.9 Å². The summed E-state index contributed by atoms with van der Waals surface area (Å²) in [4.78, 5) is 13.0. The van der Waals surface area contributed by atoms with Gasteiger partial charge in [0.25, 0.3) is 5.88 Å². The van der Waals surface area contributed by atoms with Crippen LogP contribution in [0, 0.1) is 18.7 Å². The molecule has 1 saturated carbocycles. The van der Waals surface area contributed by atoms with Crippen molar-refractivity contribution in [2.24, 2.45) is 5.92 Å². The first-order chi connectivity index (χ1) is 23.2. The molecule has 0 spiro atoms. The van der Waals surface area contributed by atoms with Crippen LogP contribution < -0.4 is 4.74 Å². The number of aromatic nitrogens is 5. The third-order valence-electron chi connectivity index (χ3n) is 9.01. The number of hydrogen-bond acceptors (Lipinski definition) is 5. The molecule has 244 valence electrons. The highest BCUT2D eigenvalue weighted by molar-refractivity contribution is 6.35. The van der Waals surface area contributed by atoms with Crippen LogP contribution in [-0.4, -0.2) is 37.0 Å². The fourth-order valence-corrected chi connectivity index (χ4v) is 7.03. The Morgan fingerprint density at radius 3 is 1.81 bits per heavy atom. The van der Waals surface area contributed by atoms with Gasteiger partial charge in [0.2, 0.25) is 5.82 Å². The summed E-state index contributed by atoms with van der Waals surface area (Å²) in [5, 5.41) is 5.60. The molecule has 0 bridgehead atoms. The number of aryl methyl sites for hydroxylation is 1. The lowest BCUT2D eigenvalue weighted by atomic mass is 9.77. The van der Waals surface area contributed by atoms with Crippen LogP contribution in [0.15, 0.2) is 103 Å². The average Bonchev–Trinajstić information content (AvgIpc) is 3.49. The van der Waals surface area contributed by atoms with Crippen molar-refractivity contribution >= 4 is 22.5 Å². The van der Waals surface area contributed by atoms with Gasteiger partial charge in [-0.05, 0) is 55.4 Å². The minimum atomic E-state index is -4.27. The predicted octanol–water partition coefficient (Wildman–Crippen LogP) is 9.33. The minimum absolute atomic E-state index is 0.0937. The van der Waals surface area contributed by atoms with Crippen molar-refractivity contribution in [3.8, 4) is 17.3 Å². The summed E-state index contributed by atoms with van der Waals surface area (Å²) >= 11 is 6.80. The van der Waals surface area contributed by atoms with Gasteiger partial charge in [0, 0.05) is 6.20 Å². The summed E-state index contributed by atoms with van der Waals surface area (Å²) < 4.78 is 64.2. The lowest BCUT2D eigenvalue weighted by Crippen LogP contribution is -2.38. The van der Waals surface area contributed by atoms with E-state index in [1.54, 1.807) is 19.2 Å². The number of fused-ring (bicyclic) bond motifs is 1. The van der Waals surface area contributed by atoms with Crippen LogP contribution in [0.1, 0.15) is 48.2 Å². The molecular weight excluding hydrogens is 642 g/mol. The number of halogens is 5. The topological polar surface area (TPSA) is 65.7 Å². The number of ether oxygens (including phenoxy) is 1. The standard InChI is InChI=1S/C37H30ClF4N5O/c1-23-44-33(31(39)35(45-23)48-28-19-17-27(18-20-28)37(40,41)42)32-30-29(21-22-43-34(30)38)47(46-32)36(24-11-5-2-6-12-24,25-13-7-3-8-14-25)26-15-9-4-10-16-26/h2-16,21-22,27-28H,17-20H2,1H3. The minimum Gasteiger partial charge on any atom is -0.472 e. The summed E-state index contributed by atoms with van der Waals surface area (Å²) in [5.41, 5.74) is 2.18. The van der Waals surface area contributed by atoms with E-state index in [2.05, 4.69) is 15.0 Å². The molecule has 0 radical (unpaired) electrons. The molecule has 0 unspecified atom stereocenters. The second-order valence-corrected chi connectivity index (χ2v) is 12.3. The van der Waals surface area contributed by atoms with Gasteiger partial charge in [-0.1, -0.05) is 103 Å². The van der Waals surface area contributed by atoms with Crippen molar-refractivity contribution in [3.63, 3.8) is 0 Å². The zero-order chi connectivity index (χ0) is 33.5. The van der Waals surface area contributed by atoms with Crippen LogP contribution in [0.25, 0.3) is 22.3 Å². The molecule has 6 aromatic rings. The van der Waals surface area contributed by atoms with Gasteiger partial charge in [0.15, 0.2) is 0 Å². The van der Waals surface area contributed by atoms with E-state index in [9.17, 15) is 13.2 Å². The number of hydrogen-bond donors (Lipinski definition) is 0. The normalized spacial score (nSPS) is 17.0. The molecule has 1 aliphatic rings. The van der Waals surface area contributed by atoms with Crippen LogP contribution in [0.3, 0.4) is 0 Å². The fraction of sp³-hybridized carbons (Fsp3) is 0.243. The predicted molar refractivity (Wildman–Crippen MR) is 175 cm³/mol. The highest BCUT2D eigenvalue weighted by Gasteiger charge is 2.43. The quantitative estimate of drug-likeness (QED) is 0.0962. The first-order valence-electron chi connectivity index (χ1n) is 15.7. The van der Waals surface area contributed by atoms with E-state index in [1.807, 2.05) is 95.7 Å². The average molecular weight is 672 g/mol. The molecule has 48 heavy (non-hydrogen) atoms. The van der Waals surface area contributed by atoms with Crippen molar-refractivity contribution < 1.29 is 22.3 Å². The van der Waals surface area contributed by atoms with Gasteiger partial charge >= 0.3 is 6.18 Å². The number of nitrogens with zero attached hydrogens (tertiary/aromatic N) is 5. The van der Waals surface area contributed by atoms with Gasteiger partial charge in [-0.3, -0.25) is 0 Å². The van der Waals surface area contributed by atoms with Crippen molar-refractivity contribution in [2.75, 3.05) is 0 Å².